The zero-order chi connectivity index (χ0) is 15.1. The Morgan fingerprint density at radius 3 is 2.65 bits per heavy atom. The highest BCUT2D eigenvalue weighted by atomic mass is 35.5. The van der Waals surface area contributed by atoms with Crippen LogP contribution < -0.4 is 0 Å². The summed E-state index contributed by atoms with van der Waals surface area (Å²) < 4.78 is 0. The Morgan fingerprint density at radius 1 is 1.40 bits per heavy atom. The summed E-state index contributed by atoms with van der Waals surface area (Å²) in [5, 5.41) is 37.9. The van der Waals surface area contributed by atoms with Crippen molar-refractivity contribution in [3.63, 3.8) is 0 Å². The second-order valence-corrected chi connectivity index (χ2v) is 5.03. The number of aliphatic hydroxyl groups excluding tert-OH is 3. The normalized spacial score (nSPS) is 13.4. The zero-order valence-corrected chi connectivity index (χ0v) is 12.0. The van der Waals surface area contributed by atoms with Gasteiger partial charge in [-0.25, -0.2) is 0 Å². The molecule has 0 radical (unpaired) electrons. The van der Waals surface area contributed by atoms with Crippen molar-refractivity contribution >= 4 is 11.6 Å². The van der Waals surface area contributed by atoms with Gasteiger partial charge in [0.25, 0.3) is 0 Å². The Bertz CT molecular complexity index is 505. The van der Waals surface area contributed by atoms with Crippen LogP contribution in [0.5, 0.6) is 5.75 Å². The molecule has 1 aromatic rings. The molecular weight excluding hydrogens is 280 g/mol. The zero-order valence-electron chi connectivity index (χ0n) is 11.3. The lowest BCUT2D eigenvalue weighted by molar-refractivity contribution is 0.181. The molecule has 0 bridgehead atoms. The molecule has 0 saturated heterocycles. The van der Waals surface area contributed by atoms with E-state index in [0.717, 1.165) is 0 Å². The summed E-state index contributed by atoms with van der Waals surface area (Å²) in [6.45, 7) is 1.44. The fourth-order valence-corrected chi connectivity index (χ4v) is 2.05. The molecule has 0 heterocycles. The molecule has 2 atom stereocenters. The molecule has 4 nitrogen and oxygen atoms in total. The lowest BCUT2D eigenvalue weighted by atomic mass is 10.1. The third kappa shape index (κ3) is 5.37. The van der Waals surface area contributed by atoms with E-state index >= 15 is 0 Å². The average molecular weight is 299 g/mol. The van der Waals surface area contributed by atoms with E-state index in [2.05, 4.69) is 5.73 Å². The molecule has 4 N–H and O–H groups in total. The van der Waals surface area contributed by atoms with Crippen LogP contribution >= 0.6 is 11.6 Å². The first-order valence-corrected chi connectivity index (χ1v) is 6.70. The number of hydrogen-bond acceptors (Lipinski definition) is 4. The first kappa shape index (κ1) is 16.8. The van der Waals surface area contributed by atoms with Crippen molar-refractivity contribution in [2.75, 3.05) is 6.61 Å². The third-order valence-electron chi connectivity index (χ3n) is 2.72. The first-order chi connectivity index (χ1) is 9.43. The van der Waals surface area contributed by atoms with Crippen molar-refractivity contribution in [1.82, 2.24) is 0 Å². The van der Waals surface area contributed by atoms with E-state index in [1.807, 2.05) is 0 Å². The minimum atomic E-state index is -0.818. The molecule has 0 unspecified atom stereocenters. The van der Waals surface area contributed by atoms with Crippen LogP contribution in [0.25, 0.3) is 0 Å². The quantitative estimate of drug-likeness (QED) is 0.608. The van der Waals surface area contributed by atoms with Gasteiger partial charge in [0.2, 0.25) is 0 Å². The second-order valence-electron chi connectivity index (χ2n) is 4.62. The maximum Gasteiger partial charge on any atom is 0.117 e. The van der Waals surface area contributed by atoms with Gasteiger partial charge in [0.1, 0.15) is 5.75 Å². The van der Waals surface area contributed by atoms with Crippen molar-refractivity contribution in [1.29, 1.82) is 0 Å². The number of hydrogen-bond donors (Lipinski definition) is 4. The Balaban J connectivity index is 2.75. The summed E-state index contributed by atoms with van der Waals surface area (Å²) in [6.07, 6.45) is 0.843. The van der Waals surface area contributed by atoms with Gasteiger partial charge in [0, 0.05) is 12.8 Å². The van der Waals surface area contributed by atoms with E-state index < -0.39 is 12.2 Å². The van der Waals surface area contributed by atoms with Crippen LogP contribution in [-0.2, 0) is 0 Å². The van der Waals surface area contributed by atoms with Crippen LogP contribution in [0.1, 0.15) is 31.4 Å². The van der Waals surface area contributed by atoms with Crippen molar-refractivity contribution in [3.8, 4) is 5.75 Å². The first-order valence-electron chi connectivity index (χ1n) is 6.32. The van der Waals surface area contributed by atoms with Crippen molar-refractivity contribution in [3.05, 3.63) is 46.2 Å². The van der Waals surface area contributed by atoms with E-state index in [4.69, 9.17) is 16.7 Å². The number of rotatable bonds is 6. The van der Waals surface area contributed by atoms with Gasteiger partial charge in [-0.1, -0.05) is 17.7 Å². The van der Waals surface area contributed by atoms with Crippen LogP contribution in [0.4, 0.5) is 0 Å². The van der Waals surface area contributed by atoms with Crippen molar-refractivity contribution in [2.45, 2.75) is 32.0 Å². The van der Waals surface area contributed by atoms with Crippen molar-refractivity contribution in [2.24, 2.45) is 0 Å². The summed E-state index contributed by atoms with van der Waals surface area (Å²) in [5.41, 5.74) is 3.95. The third-order valence-corrected chi connectivity index (χ3v) is 3.05. The molecule has 110 valence electrons. The number of benzene rings is 1. The summed E-state index contributed by atoms with van der Waals surface area (Å²) in [6, 6.07) is 4.38. The minimum absolute atomic E-state index is 0.0425. The largest absolute Gasteiger partial charge is 0.508 e. The average Bonchev–Trinajstić information content (AvgIpc) is 2.36. The smallest absolute Gasteiger partial charge is 0.117 e. The SMILES string of the molecule is C[C@H](O)CC(=C=CC[C@@H](O)c1ccc(O)cc1Cl)CO. The lowest BCUT2D eigenvalue weighted by Gasteiger charge is -2.10. The van der Waals surface area contributed by atoms with Crippen LogP contribution in [0.15, 0.2) is 35.6 Å². The number of aliphatic hydroxyl groups is 3. The number of halogens is 1. The lowest BCUT2D eigenvalue weighted by Crippen LogP contribution is -2.03. The predicted octanol–water partition coefficient (Wildman–Crippen LogP) is 2.31. The molecule has 0 aliphatic rings. The summed E-state index contributed by atoms with van der Waals surface area (Å²) >= 11 is 5.93. The maximum atomic E-state index is 10.0. The fourth-order valence-electron chi connectivity index (χ4n) is 1.75. The molecular formula is C15H19ClO4. The standard InChI is InChI=1S/C15H19ClO4/c1-10(18)7-11(9-17)3-2-4-15(20)13-6-5-12(19)8-14(13)16/h2,5-6,8,10,15,17-20H,4,7,9H2,1H3/t3?,10-,15+/m0/s1. The molecule has 0 fully saturated rings. The molecule has 0 amide bonds. The molecule has 0 aromatic heterocycles. The summed E-state index contributed by atoms with van der Waals surface area (Å²) in [4.78, 5) is 0. The van der Waals surface area contributed by atoms with Gasteiger partial charge in [-0.3, -0.25) is 0 Å². The number of phenols is 1. The Kier molecular flexibility index (Phi) is 6.79. The van der Waals surface area contributed by atoms with Gasteiger partial charge < -0.3 is 20.4 Å². The van der Waals surface area contributed by atoms with Gasteiger partial charge >= 0.3 is 0 Å². The van der Waals surface area contributed by atoms with Crippen LogP contribution in [0.2, 0.25) is 5.02 Å². The molecule has 0 aliphatic heterocycles. The van der Waals surface area contributed by atoms with E-state index in [1.54, 1.807) is 19.1 Å². The monoisotopic (exact) mass is 298 g/mol. The Hall–Kier alpha value is -1.29. The number of aromatic hydroxyl groups is 1. The molecule has 20 heavy (non-hydrogen) atoms. The molecule has 0 spiro atoms. The van der Waals surface area contributed by atoms with Gasteiger partial charge in [0.15, 0.2) is 0 Å². The van der Waals surface area contributed by atoms with Gasteiger partial charge in [-0.15, -0.1) is 5.73 Å². The van der Waals surface area contributed by atoms with Crippen LogP contribution in [-0.4, -0.2) is 33.1 Å². The highest BCUT2D eigenvalue weighted by Gasteiger charge is 2.10. The van der Waals surface area contributed by atoms with E-state index in [0.29, 0.717) is 22.6 Å². The Labute approximate surface area is 123 Å². The molecule has 0 aliphatic carbocycles. The maximum absolute atomic E-state index is 10.0. The second kappa shape index (κ2) is 8.10. The summed E-state index contributed by atoms with van der Waals surface area (Å²) in [7, 11) is 0. The van der Waals surface area contributed by atoms with E-state index in [1.165, 1.54) is 12.1 Å². The fraction of sp³-hybridized carbons (Fsp3) is 0.400. The van der Waals surface area contributed by atoms with E-state index in [9.17, 15) is 15.3 Å². The molecule has 1 rings (SSSR count). The summed E-state index contributed by atoms with van der Waals surface area (Å²) in [5.74, 6) is 0.0425. The highest BCUT2D eigenvalue weighted by Crippen LogP contribution is 2.28. The molecule has 5 heteroatoms. The highest BCUT2D eigenvalue weighted by molar-refractivity contribution is 6.31. The van der Waals surface area contributed by atoms with E-state index in [-0.39, 0.29) is 18.8 Å². The van der Waals surface area contributed by atoms with Gasteiger partial charge in [0.05, 0.1) is 23.8 Å². The van der Waals surface area contributed by atoms with Crippen LogP contribution in [0, 0.1) is 0 Å². The predicted molar refractivity (Wildman–Crippen MR) is 77.7 cm³/mol. The topological polar surface area (TPSA) is 80.9 Å². The minimum Gasteiger partial charge on any atom is -0.508 e. The van der Waals surface area contributed by atoms with Crippen LogP contribution in [0.3, 0.4) is 0 Å². The Morgan fingerprint density at radius 2 is 2.10 bits per heavy atom. The molecule has 0 saturated carbocycles. The van der Waals surface area contributed by atoms with Crippen molar-refractivity contribution < 1.29 is 20.4 Å². The van der Waals surface area contributed by atoms with Gasteiger partial charge in [-0.2, -0.15) is 0 Å². The van der Waals surface area contributed by atoms with Gasteiger partial charge in [-0.05, 0) is 36.3 Å². The molecule has 1 aromatic carbocycles. The number of phenolic OH excluding ortho intramolecular Hbond substituents is 1.